The Hall–Kier alpha value is -3.29. The third-order valence-corrected chi connectivity index (χ3v) is 9.25. The molecule has 212 valence electrons. The fourth-order valence-electron chi connectivity index (χ4n) is 7.49. The van der Waals surface area contributed by atoms with Crippen molar-refractivity contribution < 1.29 is 28.8 Å². The molecule has 0 radical (unpaired) electrons. The van der Waals surface area contributed by atoms with Gasteiger partial charge in [-0.1, -0.05) is 18.7 Å². The van der Waals surface area contributed by atoms with Crippen LogP contribution in [-0.2, 0) is 17.6 Å². The minimum atomic E-state index is -0.462. The molecule has 0 spiro atoms. The SMILES string of the molecule is C=CCOc1c(C)c2c(c3c1CC1[C@H]4c5c(cc(C)c(C)c5OCOC)C[C@@H]([C@H](C#N)N1[C@H]3CO)N4C)OCO2. The summed E-state index contributed by atoms with van der Waals surface area (Å²) in [4.78, 5) is 4.57. The molecule has 9 heteroatoms. The second kappa shape index (κ2) is 10.3. The molecular formula is C31H37N3O6. The van der Waals surface area contributed by atoms with Crippen LogP contribution < -0.4 is 18.9 Å². The Bertz CT molecular complexity index is 1400. The van der Waals surface area contributed by atoms with Gasteiger partial charge in [-0.05, 0) is 57.4 Å². The van der Waals surface area contributed by atoms with E-state index in [1.165, 1.54) is 5.56 Å². The predicted molar refractivity (Wildman–Crippen MR) is 148 cm³/mol. The Morgan fingerprint density at radius 2 is 1.88 bits per heavy atom. The molecule has 4 aliphatic heterocycles. The number of ether oxygens (including phenoxy) is 5. The first kappa shape index (κ1) is 26.9. The van der Waals surface area contributed by atoms with E-state index in [0.29, 0.717) is 30.9 Å². The van der Waals surface area contributed by atoms with Crippen LogP contribution in [0.1, 0.15) is 51.0 Å². The highest BCUT2D eigenvalue weighted by molar-refractivity contribution is 5.66. The maximum absolute atomic E-state index is 11.0. The van der Waals surface area contributed by atoms with Crippen molar-refractivity contribution >= 4 is 0 Å². The van der Waals surface area contributed by atoms with Gasteiger partial charge in [0.25, 0.3) is 0 Å². The summed E-state index contributed by atoms with van der Waals surface area (Å²) in [5.74, 6) is 2.87. The van der Waals surface area contributed by atoms with Crippen LogP contribution in [0.3, 0.4) is 0 Å². The van der Waals surface area contributed by atoms with Crippen molar-refractivity contribution in [3.63, 3.8) is 0 Å². The lowest BCUT2D eigenvalue weighted by atomic mass is 9.71. The molecule has 1 N–H and O–H groups in total. The lowest BCUT2D eigenvalue weighted by molar-refractivity contribution is -0.0831. The van der Waals surface area contributed by atoms with Crippen LogP contribution in [-0.4, -0.2) is 74.0 Å². The Labute approximate surface area is 235 Å². The highest BCUT2D eigenvalue weighted by Crippen LogP contribution is 2.57. The largest absolute Gasteiger partial charge is 0.489 e. The number of aryl methyl sites for hydroxylation is 1. The summed E-state index contributed by atoms with van der Waals surface area (Å²) < 4.78 is 29.8. The number of rotatable bonds is 7. The molecule has 5 atom stereocenters. The van der Waals surface area contributed by atoms with Gasteiger partial charge in [-0.25, -0.2) is 0 Å². The van der Waals surface area contributed by atoms with Gasteiger partial charge in [0.05, 0.1) is 24.8 Å². The number of hydrogen-bond donors (Lipinski definition) is 1. The zero-order valence-electron chi connectivity index (χ0n) is 23.8. The molecule has 4 heterocycles. The van der Waals surface area contributed by atoms with Crippen LogP contribution >= 0.6 is 0 Å². The van der Waals surface area contributed by atoms with Crippen molar-refractivity contribution in [2.45, 2.75) is 63.8 Å². The van der Waals surface area contributed by atoms with Gasteiger partial charge in [-0.2, -0.15) is 5.26 Å². The number of methoxy groups -OCH3 is 1. The van der Waals surface area contributed by atoms with E-state index in [1.54, 1.807) is 13.2 Å². The Kier molecular flexibility index (Phi) is 6.91. The van der Waals surface area contributed by atoms with Crippen molar-refractivity contribution in [3.8, 4) is 29.1 Å². The summed E-state index contributed by atoms with van der Waals surface area (Å²) in [5, 5.41) is 21.6. The average molecular weight is 548 g/mol. The van der Waals surface area contributed by atoms with E-state index in [2.05, 4.69) is 49.4 Å². The first-order valence-electron chi connectivity index (χ1n) is 13.8. The van der Waals surface area contributed by atoms with E-state index in [9.17, 15) is 10.4 Å². The number of aliphatic hydroxyl groups excluding tert-OH is 1. The summed E-state index contributed by atoms with van der Waals surface area (Å²) >= 11 is 0. The van der Waals surface area contributed by atoms with Crippen LogP contribution in [0.4, 0.5) is 0 Å². The fraction of sp³-hybridized carbons (Fsp3) is 0.516. The Morgan fingerprint density at radius 3 is 2.58 bits per heavy atom. The van der Waals surface area contributed by atoms with Gasteiger partial charge in [0.2, 0.25) is 6.79 Å². The van der Waals surface area contributed by atoms with Crippen LogP contribution in [0.15, 0.2) is 18.7 Å². The molecule has 2 bridgehead atoms. The summed E-state index contributed by atoms with van der Waals surface area (Å²) in [6.07, 6.45) is 3.03. The van der Waals surface area contributed by atoms with Crippen molar-refractivity contribution in [2.24, 2.45) is 0 Å². The molecule has 1 saturated heterocycles. The fourth-order valence-corrected chi connectivity index (χ4v) is 7.49. The normalized spacial score (nSPS) is 26.4. The number of nitrogens with zero attached hydrogens (tertiary/aromatic N) is 3. The number of fused-ring (bicyclic) bond motifs is 9. The summed E-state index contributed by atoms with van der Waals surface area (Å²) in [6.45, 7) is 10.4. The number of benzene rings is 2. The van der Waals surface area contributed by atoms with Gasteiger partial charge in [0.1, 0.15) is 24.1 Å². The van der Waals surface area contributed by atoms with E-state index in [1.807, 2.05) is 6.92 Å². The maximum Gasteiger partial charge on any atom is 0.231 e. The molecule has 0 aliphatic carbocycles. The molecule has 4 aliphatic rings. The first-order chi connectivity index (χ1) is 19.4. The molecule has 6 rings (SSSR count). The molecular weight excluding hydrogens is 510 g/mol. The summed E-state index contributed by atoms with van der Waals surface area (Å²) in [7, 11) is 3.74. The van der Waals surface area contributed by atoms with E-state index in [0.717, 1.165) is 44.9 Å². The van der Waals surface area contributed by atoms with Crippen LogP contribution in [0.5, 0.6) is 23.0 Å². The first-order valence-corrected chi connectivity index (χ1v) is 13.8. The molecule has 9 nitrogen and oxygen atoms in total. The smallest absolute Gasteiger partial charge is 0.231 e. The quantitative estimate of drug-likeness (QED) is 0.412. The minimum Gasteiger partial charge on any atom is -0.489 e. The van der Waals surface area contributed by atoms with Crippen molar-refractivity contribution in [3.05, 3.63) is 57.7 Å². The summed E-state index contributed by atoms with van der Waals surface area (Å²) in [5.41, 5.74) is 7.30. The lowest BCUT2D eigenvalue weighted by Crippen LogP contribution is -2.68. The monoisotopic (exact) mass is 547 g/mol. The molecule has 0 amide bonds. The molecule has 2 aromatic carbocycles. The van der Waals surface area contributed by atoms with E-state index in [-0.39, 0.29) is 38.3 Å². The average Bonchev–Trinajstić information content (AvgIpc) is 3.44. The summed E-state index contributed by atoms with van der Waals surface area (Å²) in [6, 6.07) is 3.71. The van der Waals surface area contributed by atoms with Gasteiger partial charge >= 0.3 is 0 Å². The number of hydrogen-bond acceptors (Lipinski definition) is 9. The lowest BCUT2D eigenvalue weighted by Gasteiger charge is -2.60. The predicted octanol–water partition coefficient (Wildman–Crippen LogP) is 3.65. The second-order valence-electron chi connectivity index (χ2n) is 11.2. The molecule has 1 fully saturated rings. The Morgan fingerprint density at radius 1 is 1.10 bits per heavy atom. The number of likely N-dealkylation sites (N-methyl/N-ethyl adjacent to an activating group) is 1. The zero-order chi connectivity index (χ0) is 28.3. The van der Waals surface area contributed by atoms with E-state index in [4.69, 9.17) is 23.7 Å². The highest BCUT2D eigenvalue weighted by atomic mass is 16.7. The third kappa shape index (κ3) is 3.74. The molecule has 0 saturated carbocycles. The number of nitriles is 1. The van der Waals surface area contributed by atoms with Crippen LogP contribution in [0.2, 0.25) is 0 Å². The van der Waals surface area contributed by atoms with E-state index < -0.39 is 12.1 Å². The van der Waals surface area contributed by atoms with Crippen molar-refractivity contribution in [2.75, 3.05) is 41.0 Å². The van der Waals surface area contributed by atoms with Gasteiger partial charge in [-0.3, -0.25) is 9.80 Å². The topological polar surface area (TPSA) is 96.7 Å². The highest BCUT2D eigenvalue weighted by Gasteiger charge is 2.56. The molecule has 0 aromatic heterocycles. The number of piperazine rings is 1. The molecule has 40 heavy (non-hydrogen) atoms. The molecule has 2 aromatic rings. The van der Waals surface area contributed by atoms with Crippen molar-refractivity contribution in [1.29, 1.82) is 5.26 Å². The van der Waals surface area contributed by atoms with Gasteiger partial charge in [0.15, 0.2) is 18.3 Å². The standard InChI is InChI=1S/C31H37N3O6/c1-7-8-37-28-18(4)30-31(40-15-39-30)26-20(28)11-22-27-25-19(9-16(2)17(3)29(25)38-14-36-6)10-21(33(27)5)23(12-32)34(22)24(26)13-35/h7,9,21-24,27,35H,1,8,10-11,13-15H2,2-6H3/t21-,22?,23-,24-,27-/m0/s1. The van der Waals surface area contributed by atoms with E-state index >= 15 is 0 Å². The van der Waals surface area contributed by atoms with Gasteiger partial charge < -0.3 is 28.8 Å². The molecule has 1 unspecified atom stereocenters. The van der Waals surface area contributed by atoms with Gasteiger partial charge in [0, 0.05) is 41.4 Å². The Balaban J connectivity index is 1.59. The van der Waals surface area contributed by atoms with Crippen LogP contribution in [0, 0.1) is 32.1 Å². The number of aliphatic hydroxyl groups is 1. The zero-order valence-corrected chi connectivity index (χ0v) is 23.8. The van der Waals surface area contributed by atoms with Gasteiger partial charge in [-0.15, -0.1) is 0 Å². The van der Waals surface area contributed by atoms with Crippen LogP contribution in [0.25, 0.3) is 0 Å². The minimum absolute atomic E-state index is 0.0566. The van der Waals surface area contributed by atoms with Crippen molar-refractivity contribution in [1.82, 2.24) is 9.80 Å². The maximum atomic E-state index is 11.0. The third-order valence-electron chi connectivity index (χ3n) is 9.25. The second-order valence-corrected chi connectivity index (χ2v) is 11.2.